The second-order valence-corrected chi connectivity index (χ2v) is 8.22. The second-order valence-electron chi connectivity index (χ2n) is 7.84. The van der Waals surface area contributed by atoms with Gasteiger partial charge in [0.15, 0.2) is 5.11 Å². The third kappa shape index (κ3) is 3.88. The van der Waals surface area contributed by atoms with Crippen LogP contribution in [0.2, 0.25) is 0 Å². The molecule has 172 valence electrons. The first-order valence-electron chi connectivity index (χ1n) is 10.5. The number of halogens is 3. The van der Waals surface area contributed by atoms with Crippen LogP contribution in [0.15, 0.2) is 91.3 Å². The summed E-state index contributed by atoms with van der Waals surface area (Å²) < 4.78 is 41.9. The third-order valence-corrected chi connectivity index (χ3v) is 6.09. The zero-order valence-electron chi connectivity index (χ0n) is 17.6. The van der Waals surface area contributed by atoms with Gasteiger partial charge in [-0.2, -0.15) is 13.2 Å². The van der Waals surface area contributed by atoms with Crippen molar-refractivity contribution in [3.8, 4) is 11.4 Å². The molecule has 0 radical (unpaired) electrons. The molecule has 34 heavy (non-hydrogen) atoms. The smallest absolute Gasteiger partial charge is 0.416 e. The van der Waals surface area contributed by atoms with Gasteiger partial charge in [-0.1, -0.05) is 24.3 Å². The van der Waals surface area contributed by atoms with Crippen molar-refractivity contribution in [2.75, 3.05) is 4.90 Å². The molecule has 1 saturated heterocycles. The fourth-order valence-corrected chi connectivity index (χ4v) is 4.62. The lowest BCUT2D eigenvalue weighted by molar-refractivity contribution is -0.137. The average Bonchev–Trinajstić information content (AvgIpc) is 3.44. The molecule has 2 atom stereocenters. The van der Waals surface area contributed by atoms with E-state index in [1.165, 1.54) is 6.07 Å². The molecule has 3 heterocycles. The summed E-state index contributed by atoms with van der Waals surface area (Å²) in [5, 5.41) is 14.3. The van der Waals surface area contributed by atoms with Crippen molar-refractivity contribution in [3.63, 3.8) is 0 Å². The summed E-state index contributed by atoms with van der Waals surface area (Å²) in [6.45, 7) is 0. The maximum atomic E-state index is 13.4. The van der Waals surface area contributed by atoms with Gasteiger partial charge in [0.25, 0.3) is 0 Å². The minimum Gasteiger partial charge on any atom is -0.506 e. The van der Waals surface area contributed by atoms with E-state index in [0.717, 1.165) is 12.1 Å². The highest BCUT2D eigenvalue weighted by Gasteiger charge is 2.43. The lowest BCUT2D eigenvalue weighted by atomic mass is 10.0. The van der Waals surface area contributed by atoms with Gasteiger partial charge in [-0.05, 0) is 66.8 Å². The Labute approximate surface area is 199 Å². The van der Waals surface area contributed by atoms with Crippen LogP contribution in [0.1, 0.15) is 29.0 Å². The molecule has 5 rings (SSSR count). The highest BCUT2D eigenvalue weighted by Crippen LogP contribution is 2.44. The van der Waals surface area contributed by atoms with Gasteiger partial charge in [-0.15, -0.1) is 0 Å². The van der Waals surface area contributed by atoms with Crippen LogP contribution in [0.5, 0.6) is 5.75 Å². The van der Waals surface area contributed by atoms with E-state index in [0.29, 0.717) is 27.9 Å². The first-order valence-corrected chi connectivity index (χ1v) is 10.9. The number of aromatic hydroxyl groups is 1. The zero-order chi connectivity index (χ0) is 23.9. The van der Waals surface area contributed by atoms with Crippen LogP contribution in [-0.2, 0) is 6.18 Å². The molecule has 0 spiro atoms. The molecular formula is C25H19F3N4OS. The summed E-state index contributed by atoms with van der Waals surface area (Å²) in [6.07, 6.45) is -1.07. The molecule has 1 aliphatic rings. The molecule has 1 aliphatic heterocycles. The number of alkyl halides is 3. The summed E-state index contributed by atoms with van der Waals surface area (Å²) in [6, 6.07) is 20.2. The van der Waals surface area contributed by atoms with E-state index in [9.17, 15) is 18.3 Å². The number of pyridine rings is 1. The lowest BCUT2D eigenvalue weighted by Crippen LogP contribution is -2.30. The number of aromatic nitrogens is 2. The van der Waals surface area contributed by atoms with E-state index in [2.05, 4.69) is 10.3 Å². The van der Waals surface area contributed by atoms with Crippen molar-refractivity contribution in [1.29, 1.82) is 0 Å². The Morgan fingerprint density at radius 3 is 2.47 bits per heavy atom. The van der Waals surface area contributed by atoms with Gasteiger partial charge in [-0.25, -0.2) is 0 Å². The Bertz CT molecular complexity index is 1340. The van der Waals surface area contributed by atoms with Crippen LogP contribution in [-0.4, -0.2) is 19.8 Å². The molecule has 0 amide bonds. The fraction of sp³-hybridized carbons (Fsp3) is 0.120. The number of rotatable bonds is 4. The first kappa shape index (κ1) is 22.0. The van der Waals surface area contributed by atoms with E-state index in [1.54, 1.807) is 64.3 Å². The number of phenols is 1. The third-order valence-electron chi connectivity index (χ3n) is 5.77. The molecule has 1 fully saturated rings. The topological polar surface area (TPSA) is 53.3 Å². The molecule has 2 unspecified atom stereocenters. The Kier molecular flexibility index (Phi) is 5.49. The van der Waals surface area contributed by atoms with Crippen molar-refractivity contribution in [1.82, 2.24) is 14.9 Å². The Morgan fingerprint density at radius 1 is 0.941 bits per heavy atom. The minimum atomic E-state index is -4.46. The summed E-state index contributed by atoms with van der Waals surface area (Å²) in [5.41, 5.74) is 1.52. The van der Waals surface area contributed by atoms with Crippen LogP contribution in [0, 0.1) is 0 Å². The normalized spacial score (nSPS) is 18.2. The van der Waals surface area contributed by atoms with E-state index in [-0.39, 0.29) is 5.75 Å². The van der Waals surface area contributed by atoms with Crippen molar-refractivity contribution in [2.24, 2.45) is 0 Å². The minimum absolute atomic E-state index is 0.0375. The van der Waals surface area contributed by atoms with Gasteiger partial charge in [0.2, 0.25) is 0 Å². The number of benzene rings is 2. The largest absolute Gasteiger partial charge is 0.506 e. The monoisotopic (exact) mass is 480 g/mol. The highest BCUT2D eigenvalue weighted by atomic mass is 32.1. The molecule has 0 aliphatic carbocycles. The molecular weight excluding hydrogens is 461 g/mol. The van der Waals surface area contributed by atoms with E-state index < -0.39 is 23.8 Å². The quantitative estimate of drug-likeness (QED) is 0.363. The van der Waals surface area contributed by atoms with Gasteiger partial charge in [0.1, 0.15) is 11.8 Å². The zero-order valence-corrected chi connectivity index (χ0v) is 18.5. The molecule has 9 heteroatoms. The maximum absolute atomic E-state index is 13.4. The Balaban J connectivity index is 1.68. The van der Waals surface area contributed by atoms with Crippen LogP contribution < -0.4 is 10.2 Å². The number of nitrogens with one attached hydrogen (secondary N) is 1. The van der Waals surface area contributed by atoms with Gasteiger partial charge in [0, 0.05) is 23.8 Å². The number of thiocarbonyl (C=S) groups is 1. The van der Waals surface area contributed by atoms with Crippen molar-refractivity contribution in [2.45, 2.75) is 18.3 Å². The van der Waals surface area contributed by atoms with Crippen molar-refractivity contribution >= 4 is 23.0 Å². The van der Waals surface area contributed by atoms with Gasteiger partial charge in [0.05, 0.1) is 23.0 Å². The number of nitrogens with zero attached hydrogens (tertiary/aromatic N) is 3. The Hall–Kier alpha value is -3.85. The summed E-state index contributed by atoms with van der Waals surface area (Å²) in [4.78, 5) is 6.27. The molecule has 0 bridgehead atoms. The molecule has 2 N–H and O–H groups in total. The number of hydrogen-bond acceptors (Lipinski definition) is 3. The van der Waals surface area contributed by atoms with E-state index in [4.69, 9.17) is 12.2 Å². The predicted molar refractivity (Wildman–Crippen MR) is 127 cm³/mol. The maximum Gasteiger partial charge on any atom is 0.416 e. The first-order chi connectivity index (χ1) is 16.3. The summed E-state index contributed by atoms with van der Waals surface area (Å²) >= 11 is 5.66. The molecule has 2 aromatic carbocycles. The van der Waals surface area contributed by atoms with Crippen LogP contribution in [0.3, 0.4) is 0 Å². The van der Waals surface area contributed by atoms with Crippen molar-refractivity contribution in [3.05, 3.63) is 108 Å². The lowest BCUT2D eigenvalue weighted by Gasteiger charge is -2.29. The SMILES string of the molecule is Oc1ccccc1N1C(=S)NC(c2ccccn2)C1c1cccn1-c1cccc(C(F)(F)F)c1. The van der Waals surface area contributed by atoms with Crippen LogP contribution >= 0.6 is 12.2 Å². The number of phenolic OH excluding ortho intramolecular Hbond substituents is 1. The van der Waals surface area contributed by atoms with E-state index >= 15 is 0 Å². The predicted octanol–water partition coefficient (Wildman–Crippen LogP) is 5.77. The molecule has 5 nitrogen and oxygen atoms in total. The average molecular weight is 481 g/mol. The molecule has 2 aromatic heterocycles. The van der Waals surface area contributed by atoms with Gasteiger partial charge >= 0.3 is 6.18 Å². The number of anilines is 1. The van der Waals surface area contributed by atoms with E-state index in [1.807, 2.05) is 18.2 Å². The molecule has 0 saturated carbocycles. The van der Waals surface area contributed by atoms with Gasteiger partial charge < -0.3 is 19.9 Å². The Morgan fingerprint density at radius 2 is 1.74 bits per heavy atom. The van der Waals surface area contributed by atoms with Crippen LogP contribution in [0.4, 0.5) is 18.9 Å². The highest BCUT2D eigenvalue weighted by molar-refractivity contribution is 7.80. The number of hydrogen-bond donors (Lipinski definition) is 2. The van der Waals surface area contributed by atoms with Gasteiger partial charge in [-0.3, -0.25) is 4.98 Å². The number of para-hydroxylation sites is 2. The summed E-state index contributed by atoms with van der Waals surface area (Å²) in [7, 11) is 0. The molecule has 4 aromatic rings. The second kappa shape index (κ2) is 8.49. The summed E-state index contributed by atoms with van der Waals surface area (Å²) in [5.74, 6) is 0.0375. The van der Waals surface area contributed by atoms with Crippen LogP contribution in [0.25, 0.3) is 5.69 Å². The van der Waals surface area contributed by atoms with Crippen molar-refractivity contribution < 1.29 is 18.3 Å². The fourth-order valence-electron chi connectivity index (χ4n) is 4.29. The standard InChI is InChI=1S/C25H19F3N4OS/c26-25(27,28)16-7-5-8-17(15-16)31-14-6-11-20(31)23-22(18-9-3-4-13-29-18)30-24(34)32(23)19-10-1-2-12-21(19)33/h1-15,22-23,33H,(H,30,34).